The minimum atomic E-state index is -0.566. The van der Waals surface area contributed by atoms with Crippen LogP contribution in [0, 0.1) is 0 Å². The third kappa shape index (κ3) is 4.10. The quantitative estimate of drug-likeness (QED) is 0.786. The molecule has 1 aliphatic carbocycles. The van der Waals surface area contributed by atoms with Crippen molar-refractivity contribution in [2.45, 2.75) is 43.6 Å². The Labute approximate surface area is 154 Å². The Balaban J connectivity index is 1.95. The number of benzene rings is 1. The fourth-order valence-corrected chi connectivity index (χ4v) is 3.95. The zero-order valence-corrected chi connectivity index (χ0v) is 15.5. The summed E-state index contributed by atoms with van der Waals surface area (Å²) in [6.45, 7) is 0.760. The van der Waals surface area contributed by atoms with Gasteiger partial charge in [0.15, 0.2) is 0 Å². The number of furan rings is 1. The summed E-state index contributed by atoms with van der Waals surface area (Å²) < 4.78 is 11.4. The standard InChI is InChI=1S/C21H27NO4/c1-22(2)15-18(16-8-10-17(23)11-9-16)21(12-4-3-5-13-21)26-20(24)19-7-6-14-25-19/h6-11,14,18,23H,3-5,12-13,15H2,1-2H3. The third-order valence-electron chi connectivity index (χ3n) is 5.20. The predicted octanol–water partition coefficient (Wildman–Crippen LogP) is 4.19. The molecule has 5 nitrogen and oxygen atoms in total. The van der Waals surface area contributed by atoms with Crippen LogP contribution >= 0.6 is 0 Å². The Morgan fingerprint density at radius 3 is 2.46 bits per heavy atom. The maximum atomic E-state index is 12.7. The molecule has 2 aromatic rings. The summed E-state index contributed by atoms with van der Waals surface area (Å²) in [4.78, 5) is 14.8. The van der Waals surface area contributed by atoms with E-state index in [-0.39, 0.29) is 17.4 Å². The van der Waals surface area contributed by atoms with Gasteiger partial charge in [0.05, 0.1) is 6.26 Å². The molecule has 1 aromatic heterocycles. The molecule has 1 aromatic carbocycles. The first kappa shape index (κ1) is 18.5. The van der Waals surface area contributed by atoms with Crippen LogP contribution in [-0.2, 0) is 4.74 Å². The number of hydrogen-bond acceptors (Lipinski definition) is 5. The minimum Gasteiger partial charge on any atom is -0.508 e. The van der Waals surface area contributed by atoms with Crippen molar-refractivity contribution in [3.8, 4) is 5.75 Å². The number of phenols is 1. The molecule has 5 heteroatoms. The minimum absolute atomic E-state index is 0.0253. The number of carbonyl (C=O) groups excluding carboxylic acids is 1. The lowest BCUT2D eigenvalue weighted by molar-refractivity contribution is -0.0595. The Morgan fingerprint density at radius 1 is 1.19 bits per heavy atom. The van der Waals surface area contributed by atoms with Crippen LogP contribution in [-0.4, -0.2) is 42.2 Å². The van der Waals surface area contributed by atoms with Gasteiger partial charge in [0.2, 0.25) is 5.76 Å². The zero-order chi connectivity index (χ0) is 18.6. The molecule has 3 rings (SSSR count). The van der Waals surface area contributed by atoms with Crippen molar-refractivity contribution < 1.29 is 19.1 Å². The fourth-order valence-electron chi connectivity index (χ4n) is 3.95. The summed E-state index contributed by atoms with van der Waals surface area (Å²) in [7, 11) is 4.05. The van der Waals surface area contributed by atoms with Gasteiger partial charge >= 0.3 is 5.97 Å². The van der Waals surface area contributed by atoms with Gasteiger partial charge in [-0.2, -0.15) is 0 Å². The van der Waals surface area contributed by atoms with Crippen LogP contribution in [0.4, 0.5) is 0 Å². The van der Waals surface area contributed by atoms with Gasteiger partial charge in [-0.25, -0.2) is 4.79 Å². The second-order valence-corrected chi connectivity index (χ2v) is 7.40. The average molecular weight is 357 g/mol. The molecule has 0 aliphatic heterocycles. The normalized spacial score (nSPS) is 17.8. The summed E-state index contributed by atoms with van der Waals surface area (Å²) in [6, 6.07) is 10.6. The van der Waals surface area contributed by atoms with Crippen LogP contribution < -0.4 is 0 Å². The molecule has 1 aliphatic rings. The van der Waals surface area contributed by atoms with E-state index in [1.165, 1.54) is 6.26 Å². The summed E-state index contributed by atoms with van der Waals surface area (Å²) in [5.74, 6) is 0.101. The highest BCUT2D eigenvalue weighted by molar-refractivity contribution is 5.86. The van der Waals surface area contributed by atoms with Crippen molar-refractivity contribution in [1.29, 1.82) is 0 Å². The molecule has 26 heavy (non-hydrogen) atoms. The van der Waals surface area contributed by atoms with Gasteiger partial charge in [0, 0.05) is 12.5 Å². The second-order valence-electron chi connectivity index (χ2n) is 7.40. The monoisotopic (exact) mass is 357 g/mol. The van der Waals surface area contributed by atoms with Crippen molar-refractivity contribution in [2.24, 2.45) is 0 Å². The number of aromatic hydroxyl groups is 1. The van der Waals surface area contributed by atoms with E-state index in [1.54, 1.807) is 24.3 Å². The number of hydrogen-bond donors (Lipinski definition) is 1. The predicted molar refractivity (Wildman–Crippen MR) is 99.3 cm³/mol. The highest BCUT2D eigenvalue weighted by Gasteiger charge is 2.44. The van der Waals surface area contributed by atoms with Crippen LogP contribution in [0.5, 0.6) is 5.75 Å². The number of esters is 1. The maximum absolute atomic E-state index is 12.7. The van der Waals surface area contributed by atoms with Gasteiger partial charge in [0.25, 0.3) is 0 Å². The van der Waals surface area contributed by atoms with Crippen molar-refractivity contribution in [1.82, 2.24) is 4.90 Å². The van der Waals surface area contributed by atoms with E-state index in [0.29, 0.717) is 0 Å². The lowest BCUT2D eigenvalue weighted by Gasteiger charge is -2.44. The molecule has 1 heterocycles. The van der Waals surface area contributed by atoms with Crippen LogP contribution in [0.1, 0.15) is 54.1 Å². The molecule has 1 N–H and O–H groups in total. The van der Waals surface area contributed by atoms with Crippen LogP contribution in [0.15, 0.2) is 47.1 Å². The molecule has 1 saturated carbocycles. The number of rotatable bonds is 6. The lowest BCUT2D eigenvalue weighted by atomic mass is 9.72. The Kier molecular flexibility index (Phi) is 5.67. The van der Waals surface area contributed by atoms with E-state index in [0.717, 1.165) is 44.2 Å². The molecule has 1 atom stereocenters. The molecular weight excluding hydrogens is 330 g/mol. The van der Waals surface area contributed by atoms with Crippen molar-refractivity contribution >= 4 is 5.97 Å². The number of phenolic OH excluding ortho intramolecular Hbond substituents is 1. The van der Waals surface area contributed by atoms with Crippen molar-refractivity contribution in [3.05, 3.63) is 54.0 Å². The largest absolute Gasteiger partial charge is 0.508 e. The third-order valence-corrected chi connectivity index (χ3v) is 5.20. The van der Waals surface area contributed by atoms with Gasteiger partial charge in [0.1, 0.15) is 11.4 Å². The number of carbonyl (C=O) groups is 1. The molecule has 0 saturated heterocycles. The van der Waals surface area contributed by atoms with Gasteiger partial charge in [-0.05, 0) is 69.6 Å². The number of likely N-dealkylation sites (N-methyl/N-ethyl adjacent to an activating group) is 1. The molecule has 140 valence electrons. The Bertz CT molecular complexity index is 700. The molecule has 1 unspecified atom stereocenters. The Hall–Kier alpha value is -2.27. The molecular formula is C21H27NO4. The second kappa shape index (κ2) is 7.96. The van der Waals surface area contributed by atoms with E-state index in [9.17, 15) is 9.90 Å². The van der Waals surface area contributed by atoms with Gasteiger partial charge in [-0.3, -0.25) is 0 Å². The van der Waals surface area contributed by atoms with E-state index in [1.807, 2.05) is 26.2 Å². The molecule has 0 bridgehead atoms. The van der Waals surface area contributed by atoms with E-state index in [4.69, 9.17) is 9.15 Å². The first-order valence-corrected chi connectivity index (χ1v) is 9.21. The highest BCUT2D eigenvalue weighted by atomic mass is 16.6. The van der Waals surface area contributed by atoms with Crippen LogP contribution in [0.25, 0.3) is 0 Å². The van der Waals surface area contributed by atoms with Crippen LogP contribution in [0.3, 0.4) is 0 Å². The smallest absolute Gasteiger partial charge is 0.374 e. The van der Waals surface area contributed by atoms with Gasteiger partial charge in [-0.1, -0.05) is 18.6 Å². The molecule has 1 fully saturated rings. The molecule has 0 spiro atoms. The summed E-state index contributed by atoms with van der Waals surface area (Å²) >= 11 is 0. The fraction of sp³-hybridized carbons (Fsp3) is 0.476. The first-order chi connectivity index (χ1) is 12.5. The SMILES string of the molecule is CN(C)CC(c1ccc(O)cc1)C1(OC(=O)c2ccco2)CCCCC1. The van der Waals surface area contributed by atoms with E-state index in [2.05, 4.69) is 4.90 Å². The number of ether oxygens (including phenoxy) is 1. The molecule has 0 radical (unpaired) electrons. The average Bonchev–Trinajstić information content (AvgIpc) is 3.16. The lowest BCUT2D eigenvalue weighted by Crippen LogP contribution is -2.46. The first-order valence-electron chi connectivity index (χ1n) is 9.21. The molecule has 0 amide bonds. The summed E-state index contributed by atoms with van der Waals surface area (Å²) in [6.07, 6.45) is 6.38. The van der Waals surface area contributed by atoms with Crippen molar-refractivity contribution in [2.75, 3.05) is 20.6 Å². The highest BCUT2D eigenvalue weighted by Crippen LogP contribution is 2.44. The van der Waals surface area contributed by atoms with Crippen molar-refractivity contribution in [3.63, 3.8) is 0 Å². The van der Waals surface area contributed by atoms with Gasteiger partial charge in [-0.15, -0.1) is 0 Å². The topological polar surface area (TPSA) is 62.9 Å². The van der Waals surface area contributed by atoms with Crippen LogP contribution in [0.2, 0.25) is 0 Å². The maximum Gasteiger partial charge on any atom is 0.374 e. The number of nitrogens with zero attached hydrogens (tertiary/aromatic N) is 1. The summed E-state index contributed by atoms with van der Waals surface area (Å²) in [5.41, 5.74) is 0.509. The van der Waals surface area contributed by atoms with E-state index >= 15 is 0 Å². The zero-order valence-electron chi connectivity index (χ0n) is 15.5. The van der Waals surface area contributed by atoms with E-state index < -0.39 is 11.6 Å². The van der Waals surface area contributed by atoms with Gasteiger partial charge < -0.3 is 19.2 Å². The summed E-state index contributed by atoms with van der Waals surface area (Å²) in [5, 5.41) is 9.66. The Morgan fingerprint density at radius 2 is 1.88 bits per heavy atom.